The summed E-state index contributed by atoms with van der Waals surface area (Å²) in [6.45, 7) is 1.62. The van der Waals surface area contributed by atoms with Crippen LogP contribution in [-0.2, 0) is 4.79 Å². The highest BCUT2D eigenvalue weighted by atomic mass is 16.5. The van der Waals surface area contributed by atoms with Crippen LogP contribution in [0.1, 0.15) is 13.0 Å². The van der Waals surface area contributed by atoms with Crippen LogP contribution in [0.5, 0.6) is 11.5 Å². The Kier molecular flexibility index (Phi) is 5.74. The van der Waals surface area contributed by atoms with E-state index in [4.69, 9.17) is 9.47 Å². The summed E-state index contributed by atoms with van der Waals surface area (Å²) < 4.78 is 11.6. The minimum absolute atomic E-state index is 0.357. The summed E-state index contributed by atoms with van der Waals surface area (Å²) >= 11 is 0. The van der Waals surface area contributed by atoms with Crippen LogP contribution in [0.2, 0.25) is 0 Å². The molecule has 3 aromatic rings. The first-order valence-electron chi connectivity index (χ1n) is 8.71. The molecule has 1 heterocycles. The lowest BCUT2D eigenvalue weighted by Crippen LogP contribution is -2.33. The largest absolute Gasteiger partial charge is 0.497 e. The Morgan fingerprint density at radius 3 is 2.46 bits per heavy atom. The zero-order chi connectivity index (χ0) is 20.1. The first-order valence-corrected chi connectivity index (χ1v) is 8.71. The Bertz CT molecular complexity index is 1030. The van der Waals surface area contributed by atoms with Crippen LogP contribution in [0.15, 0.2) is 65.5 Å². The van der Waals surface area contributed by atoms with Crippen LogP contribution in [0.4, 0.5) is 5.69 Å². The molecule has 0 saturated carbocycles. The maximum atomic E-state index is 12.7. The topological polar surface area (TPSA) is 82.5 Å². The number of ether oxygens (including phenoxy) is 2. The number of benzene rings is 2. The summed E-state index contributed by atoms with van der Waals surface area (Å²) in [7, 11) is 3.05. The summed E-state index contributed by atoms with van der Waals surface area (Å²) in [5.74, 6) is 0.679. The molecule has 0 unspecified atom stereocenters. The van der Waals surface area contributed by atoms with Gasteiger partial charge in [-0.05, 0) is 25.1 Å². The second-order valence-electron chi connectivity index (χ2n) is 6.10. The second kappa shape index (κ2) is 8.39. The Morgan fingerprint density at radius 1 is 1.04 bits per heavy atom. The molecule has 144 valence electrons. The highest BCUT2D eigenvalue weighted by molar-refractivity contribution is 5.94. The van der Waals surface area contributed by atoms with Crippen molar-refractivity contribution >= 4 is 11.6 Å². The van der Waals surface area contributed by atoms with E-state index in [0.29, 0.717) is 22.9 Å². The predicted octanol–water partition coefficient (Wildman–Crippen LogP) is 3.13. The normalized spacial score (nSPS) is 11.5. The Balaban J connectivity index is 1.87. The standard InChI is InChI=1S/C21H21N3O4/c1-14(21(26)22-18-10-9-16(27-2)13-19(18)28-3)24-20(25)12-11-17(23-24)15-7-5-4-6-8-15/h4-14H,1-3H3,(H,22,26)/t14-/m1/s1. The Morgan fingerprint density at radius 2 is 1.79 bits per heavy atom. The van der Waals surface area contributed by atoms with Gasteiger partial charge in [0.05, 0.1) is 25.6 Å². The van der Waals surface area contributed by atoms with Crippen LogP contribution in [0, 0.1) is 0 Å². The van der Waals surface area contributed by atoms with Gasteiger partial charge in [0.25, 0.3) is 5.56 Å². The summed E-state index contributed by atoms with van der Waals surface area (Å²) in [6, 6.07) is 16.8. The minimum atomic E-state index is -0.817. The van der Waals surface area contributed by atoms with E-state index < -0.39 is 6.04 Å². The lowest BCUT2D eigenvalue weighted by Gasteiger charge is -2.16. The van der Waals surface area contributed by atoms with Gasteiger partial charge in [-0.15, -0.1) is 0 Å². The average Bonchev–Trinajstić information content (AvgIpc) is 2.74. The number of nitrogens with zero attached hydrogens (tertiary/aromatic N) is 2. The van der Waals surface area contributed by atoms with Gasteiger partial charge < -0.3 is 14.8 Å². The van der Waals surface area contributed by atoms with E-state index >= 15 is 0 Å². The third kappa shape index (κ3) is 4.03. The van der Waals surface area contributed by atoms with E-state index in [1.54, 1.807) is 38.3 Å². The van der Waals surface area contributed by atoms with E-state index in [-0.39, 0.29) is 11.5 Å². The van der Waals surface area contributed by atoms with E-state index in [1.165, 1.54) is 17.9 Å². The molecular formula is C21H21N3O4. The Hall–Kier alpha value is -3.61. The van der Waals surface area contributed by atoms with Gasteiger partial charge in [-0.1, -0.05) is 30.3 Å². The van der Waals surface area contributed by atoms with Gasteiger partial charge in [0.1, 0.15) is 17.5 Å². The summed E-state index contributed by atoms with van der Waals surface area (Å²) in [6.07, 6.45) is 0. The third-order valence-corrected chi connectivity index (χ3v) is 4.31. The zero-order valence-corrected chi connectivity index (χ0v) is 15.9. The van der Waals surface area contributed by atoms with Crippen molar-refractivity contribution < 1.29 is 14.3 Å². The van der Waals surface area contributed by atoms with E-state index in [1.807, 2.05) is 30.3 Å². The molecule has 0 aliphatic heterocycles. The molecule has 0 fully saturated rings. The van der Waals surface area contributed by atoms with Crippen LogP contribution in [0.3, 0.4) is 0 Å². The highest BCUT2D eigenvalue weighted by Gasteiger charge is 2.20. The number of hydrogen-bond acceptors (Lipinski definition) is 5. The van der Waals surface area contributed by atoms with Crippen molar-refractivity contribution in [3.8, 4) is 22.8 Å². The molecule has 0 saturated heterocycles. The molecule has 3 rings (SSSR count). The van der Waals surface area contributed by atoms with Gasteiger partial charge in [-0.3, -0.25) is 9.59 Å². The van der Waals surface area contributed by atoms with Crippen molar-refractivity contribution in [3.63, 3.8) is 0 Å². The fraction of sp³-hybridized carbons (Fsp3) is 0.190. The molecule has 7 heteroatoms. The van der Waals surface area contributed by atoms with Crippen molar-refractivity contribution in [2.45, 2.75) is 13.0 Å². The number of carbonyl (C=O) groups excluding carboxylic acids is 1. The van der Waals surface area contributed by atoms with Crippen molar-refractivity contribution in [1.82, 2.24) is 9.78 Å². The molecule has 0 aliphatic carbocycles. The van der Waals surface area contributed by atoms with Crippen molar-refractivity contribution in [1.29, 1.82) is 0 Å². The predicted molar refractivity (Wildman–Crippen MR) is 107 cm³/mol. The van der Waals surface area contributed by atoms with Gasteiger partial charge in [0, 0.05) is 17.7 Å². The van der Waals surface area contributed by atoms with Gasteiger partial charge >= 0.3 is 0 Å². The molecule has 28 heavy (non-hydrogen) atoms. The quantitative estimate of drug-likeness (QED) is 0.712. The van der Waals surface area contributed by atoms with Gasteiger partial charge in [0.2, 0.25) is 5.91 Å². The van der Waals surface area contributed by atoms with Gasteiger partial charge in [-0.25, -0.2) is 4.68 Å². The zero-order valence-electron chi connectivity index (χ0n) is 15.9. The molecule has 1 atom stereocenters. The molecule has 1 amide bonds. The molecule has 7 nitrogen and oxygen atoms in total. The smallest absolute Gasteiger partial charge is 0.267 e. The molecule has 0 spiro atoms. The number of amides is 1. The van der Waals surface area contributed by atoms with Crippen LogP contribution >= 0.6 is 0 Å². The average molecular weight is 379 g/mol. The summed E-state index contributed by atoms with van der Waals surface area (Å²) in [4.78, 5) is 25.0. The number of methoxy groups -OCH3 is 2. The first-order chi connectivity index (χ1) is 13.5. The van der Waals surface area contributed by atoms with Gasteiger partial charge in [-0.2, -0.15) is 5.10 Å². The van der Waals surface area contributed by atoms with E-state index in [0.717, 1.165) is 5.56 Å². The maximum absolute atomic E-state index is 12.7. The van der Waals surface area contributed by atoms with Crippen molar-refractivity contribution in [2.24, 2.45) is 0 Å². The summed E-state index contributed by atoms with van der Waals surface area (Å²) in [5.41, 5.74) is 1.60. The number of carbonyl (C=O) groups is 1. The molecule has 0 radical (unpaired) electrons. The van der Waals surface area contributed by atoms with E-state index in [9.17, 15) is 9.59 Å². The fourth-order valence-electron chi connectivity index (χ4n) is 2.72. The molecular weight excluding hydrogens is 358 g/mol. The lowest BCUT2D eigenvalue weighted by molar-refractivity contribution is -0.119. The lowest BCUT2D eigenvalue weighted by atomic mass is 10.1. The molecule has 2 aromatic carbocycles. The molecule has 0 bridgehead atoms. The number of anilines is 1. The number of nitrogens with one attached hydrogen (secondary N) is 1. The monoisotopic (exact) mass is 379 g/mol. The fourth-order valence-corrected chi connectivity index (χ4v) is 2.72. The van der Waals surface area contributed by atoms with Crippen LogP contribution in [-0.4, -0.2) is 29.9 Å². The minimum Gasteiger partial charge on any atom is -0.497 e. The first kappa shape index (κ1) is 19.2. The molecule has 1 N–H and O–H groups in total. The molecule has 0 aliphatic rings. The van der Waals surface area contributed by atoms with Crippen molar-refractivity contribution in [3.05, 3.63) is 71.0 Å². The maximum Gasteiger partial charge on any atom is 0.267 e. The van der Waals surface area contributed by atoms with Crippen LogP contribution < -0.4 is 20.3 Å². The number of hydrogen-bond donors (Lipinski definition) is 1. The van der Waals surface area contributed by atoms with Crippen LogP contribution in [0.25, 0.3) is 11.3 Å². The number of aromatic nitrogens is 2. The van der Waals surface area contributed by atoms with Gasteiger partial charge in [0.15, 0.2) is 0 Å². The number of rotatable bonds is 6. The van der Waals surface area contributed by atoms with Crippen molar-refractivity contribution in [2.75, 3.05) is 19.5 Å². The summed E-state index contributed by atoms with van der Waals surface area (Å²) in [5, 5.41) is 7.15. The molecule has 1 aromatic heterocycles. The Labute approximate surface area is 162 Å². The second-order valence-corrected chi connectivity index (χ2v) is 6.10. The SMILES string of the molecule is COc1ccc(NC(=O)[C@@H](C)n2nc(-c3ccccc3)ccc2=O)c(OC)c1. The third-order valence-electron chi connectivity index (χ3n) is 4.31. The van der Waals surface area contributed by atoms with E-state index in [2.05, 4.69) is 10.4 Å². The highest BCUT2D eigenvalue weighted by Crippen LogP contribution is 2.29.